The van der Waals surface area contributed by atoms with Crippen LogP contribution in [0.25, 0.3) is 0 Å². The van der Waals surface area contributed by atoms with Gasteiger partial charge in [-0.05, 0) is 31.0 Å². The van der Waals surface area contributed by atoms with E-state index in [1.54, 1.807) is 28.0 Å². The quantitative estimate of drug-likeness (QED) is 0.818. The highest BCUT2D eigenvalue weighted by atomic mass is 16.5. The third kappa shape index (κ3) is 2.40. The fraction of sp³-hybridized carbons (Fsp3) is 0.471. The molecule has 7 heteroatoms. The zero-order valence-corrected chi connectivity index (χ0v) is 13.3. The molecule has 126 valence electrons. The summed E-state index contributed by atoms with van der Waals surface area (Å²) in [6.45, 7) is 2.01. The van der Waals surface area contributed by atoms with E-state index in [2.05, 4.69) is 5.32 Å². The summed E-state index contributed by atoms with van der Waals surface area (Å²) in [4.78, 5) is 40.6. The molecule has 0 spiro atoms. The topological polar surface area (TPSA) is 79.0 Å². The molecule has 3 amide bonds. The van der Waals surface area contributed by atoms with Gasteiger partial charge in [0.05, 0.1) is 12.1 Å². The minimum absolute atomic E-state index is 0.122. The summed E-state index contributed by atoms with van der Waals surface area (Å²) >= 11 is 0. The largest absolute Gasteiger partial charge is 0.491 e. The van der Waals surface area contributed by atoms with E-state index in [-0.39, 0.29) is 23.9 Å². The third-order valence-electron chi connectivity index (χ3n) is 4.84. The standard InChI is InChI=1S/C17H19N3O4/c21-15-5-8-20(14-2-1-7-19(14)15)17(23)11-3-4-13-12(10-11)16(22)18-6-9-24-13/h3-4,10,14H,1-2,5-9H2,(H,18,22). The Labute approximate surface area is 139 Å². The zero-order valence-electron chi connectivity index (χ0n) is 13.3. The second kappa shape index (κ2) is 5.81. The summed E-state index contributed by atoms with van der Waals surface area (Å²) in [5, 5.41) is 2.75. The summed E-state index contributed by atoms with van der Waals surface area (Å²) in [6.07, 6.45) is 1.94. The number of fused-ring (bicyclic) bond motifs is 2. The molecule has 3 heterocycles. The van der Waals surface area contributed by atoms with Crippen molar-refractivity contribution in [2.75, 3.05) is 26.2 Å². The van der Waals surface area contributed by atoms with Gasteiger partial charge in [0, 0.05) is 25.1 Å². The van der Waals surface area contributed by atoms with Crippen molar-refractivity contribution in [1.82, 2.24) is 15.1 Å². The number of hydrogen-bond acceptors (Lipinski definition) is 4. The van der Waals surface area contributed by atoms with Gasteiger partial charge in [0.15, 0.2) is 0 Å². The first-order valence-corrected chi connectivity index (χ1v) is 8.30. The Balaban J connectivity index is 1.63. The van der Waals surface area contributed by atoms with Gasteiger partial charge in [0.25, 0.3) is 11.8 Å². The van der Waals surface area contributed by atoms with Crippen LogP contribution in [-0.4, -0.2) is 59.9 Å². The summed E-state index contributed by atoms with van der Waals surface area (Å²) in [7, 11) is 0. The zero-order chi connectivity index (χ0) is 16.7. The molecule has 2 saturated heterocycles. The van der Waals surface area contributed by atoms with E-state index in [4.69, 9.17) is 4.74 Å². The number of rotatable bonds is 1. The second-order valence-corrected chi connectivity index (χ2v) is 6.27. The fourth-order valence-electron chi connectivity index (χ4n) is 3.66. The first-order valence-electron chi connectivity index (χ1n) is 8.30. The molecule has 0 aromatic heterocycles. The maximum absolute atomic E-state index is 12.9. The number of hydrogen-bond donors (Lipinski definition) is 1. The molecule has 1 atom stereocenters. The first-order chi connectivity index (χ1) is 11.6. The van der Waals surface area contributed by atoms with Crippen LogP contribution in [0, 0.1) is 0 Å². The molecule has 1 unspecified atom stereocenters. The summed E-state index contributed by atoms with van der Waals surface area (Å²) in [5.74, 6) is 0.252. The van der Waals surface area contributed by atoms with E-state index in [1.807, 2.05) is 0 Å². The molecule has 0 saturated carbocycles. The smallest absolute Gasteiger partial charge is 0.255 e. The maximum atomic E-state index is 12.9. The van der Waals surface area contributed by atoms with Gasteiger partial charge in [0.2, 0.25) is 5.91 Å². The Hall–Kier alpha value is -2.57. The number of nitrogens with one attached hydrogen (secondary N) is 1. The van der Waals surface area contributed by atoms with Gasteiger partial charge in [-0.25, -0.2) is 0 Å². The predicted molar refractivity (Wildman–Crippen MR) is 84.7 cm³/mol. The van der Waals surface area contributed by atoms with Crippen LogP contribution in [0.1, 0.15) is 40.0 Å². The molecular formula is C17H19N3O4. The highest BCUT2D eigenvalue weighted by Crippen LogP contribution is 2.29. The van der Waals surface area contributed by atoms with Crippen molar-refractivity contribution in [3.05, 3.63) is 29.3 Å². The Morgan fingerprint density at radius 1 is 1.25 bits per heavy atom. The van der Waals surface area contributed by atoms with Crippen LogP contribution in [0.4, 0.5) is 0 Å². The fourth-order valence-corrected chi connectivity index (χ4v) is 3.66. The van der Waals surface area contributed by atoms with Crippen LogP contribution in [0.3, 0.4) is 0 Å². The normalized spacial score (nSPS) is 23.1. The van der Waals surface area contributed by atoms with Gasteiger partial charge < -0.3 is 19.9 Å². The third-order valence-corrected chi connectivity index (χ3v) is 4.84. The van der Waals surface area contributed by atoms with Gasteiger partial charge in [-0.15, -0.1) is 0 Å². The van der Waals surface area contributed by atoms with Gasteiger partial charge in [-0.2, -0.15) is 0 Å². The van der Waals surface area contributed by atoms with E-state index in [1.165, 1.54) is 0 Å². The second-order valence-electron chi connectivity index (χ2n) is 6.27. The molecule has 0 bridgehead atoms. The number of carbonyl (C=O) groups excluding carboxylic acids is 3. The lowest BCUT2D eigenvalue weighted by Gasteiger charge is -2.39. The lowest BCUT2D eigenvalue weighted by Crippen LogP contribution is -2.55. The highest BCUT2D eigenvalue weighted by Gasteiger charge is 2.39. The first kappa shape index (κ1) is 15.0. The van der Waals surface area contributed by atoms with Crippen molar-refractivity contribution in [2.45, 2.75) is 25.4 Å². The molecule has 4 rings (SSSR count). The molecule has 2 fully saturated rings. The Kier molecular flexibility index (Phi) is 3.63. The number of amides is 3. The molecule has 1 aromatic rings. The van der Waals surface area contributed by atoms with Crippen LogP contribution < -0.4 is 10.1 Å². The summed E-state index contributed by atoms with van der Waals surface area (Å²) in [6, 6.07) is 4.96. The number of ether oxygens (including phenoxy) is 1. The van der Waals surface area contributed by atoms with Crippen molar-refractivity contribution in [1.29, 1.82) is 0 Å². The molecule has 1 aromatic carbocycles. The van der Waals surface area contributed by atoms with E-state index in [0.29, 0.717) is 49.5 Å². The average Bonchev–Trinajstić information content (AvgIpc) is 3.01. The molecule has 3 aliphatic rings. The summed E-state index contributed by atoms with van der Waals surface area (Å²) < 4.78 is 5.52. The van der Waals surface area contributed by atoms with E-state index in [9.17, 15) is 14.4 Å². The lowest BCUT2D eigenvalue weighted by molar-refractivity contribution is -0.139. The highest BCUT2D eigenvalue weighted by molar-refractivity contribution is 6.02. The van der Waals surface area contributed by atoms with Gasteiger partial charge in [-0.1, -0.05) is 0 Å². The number of carbonyl (C=O) groups is 3. The van der Waals surface area contributed by atoms with Crippen molar-refractivity contribution >= 4 is 17.7 Å². The van der Waals surface area contributed by atoms with E-state index < -0.39 is 0 Å². The maximum Gasteiger partial charge on any atom is 0.255 e. The van der Waals surface area contributed by atoms with Crippen LogP contribution in [0.2, 0.25) is 0 Å². The van der Waals surface area contributed by atoms with Gasteiger partial charge in [0.1, 0.15) is 18.5 Å². The number of benzene rings is 1. The van der Waals surface area contributed by atoms with Crippen molar-refractivity contribution < 1.29 is 19.1 Å². The van der Waals surface area contributed by atoms with E-state index >= 15 is 0 Å². The molecule has 1 N–H and O–H groups in total. The van der Waals surface area contributed by atoms with Crippen molar-refractivity contribution in [3.63, 3.8) is 0 Å². The van der Waals surface area contributed by atoms with Gasteiger partial charge in [-0.3, -0.25) is 14.4 Å². The monoisotopic (exact) mass is 329 g/mol. The lowest BCUT2D eigenvalue weighted by atomic mass is 10.1. The number of nitrogens with zero attached hydrogens (tertiary/aromatic N) is 2. The predicted octanol–water partition coefficient (Wildman–Crippen LogP) is 0.603. The minimum atomic E-state index is -0.228. The molecule has 0 radical (unpaired) electrons. The van der Waals surface area contributed by atoms with Crippen LogP contribution in [-0.2, 0) is 4.79 Å². The molecule has 3 aliphatic heterocycles. The van der Waals surface area contributed by atoms with Crippen LogP contribution in [0.5, 0.6) is 5.75 Å². The summed E-state index contributed by atoms with van der Waals surface area (Å²) in [5.41, 5.74) is 0.838. The molecule has 0 aliphatic carbocycles. The minimum Gasteiger partial charge on any atom is -0.491 e. The van der Waals surface area contributed by atoms with Gasteiger partial charge >= 0.3 is 0 Å². The van der Waals surface area contributed by atoms with Crippen molar-refractivity contribution in [2.24, 2.45) is 0 Å². The molecular weight excluding hydrogens is 310 g/mol. The molecule has 24 heavy (non-hydrogen) atoms. The average molecular weight is 329 g/mol. The van der Waals surface area contributed by atoms with Crippen molar-refractivity contribution in [3.8, 4) is 5.75 Å². The molecule has 7 nitrogen and oxygen atoms in total. The Morgan fingerprint density at radius 3 is 3.00 bits per heavy atom. The van der Waals surface area contributed by atoms with Crippen LogP contribution >= 0.6 is 0 Å². The Bertz CT molecular complexity index is 718. The van der Waals surface area contributed by atoms with E-state index in [0.717, 1.165) is 12.8 Å². The SMILES string of the molecule is O=C1NCCOc2ccc(C(=O)N3CCC(=O)N4CCCC43)cc21. The van der Waals surface area contributed by atoms with Crippen LogP contribution in [0.15, 0.2) is 18.2 Å². The Morgan fingerprint density at radius 2 is 2.12 bits per heavy atom.